The van der Waals surface area contributed by atoms with Crippen LogP contribution in [0.3, 0.4) is 0 Å². The Morgan fingerprint density at radius 2 is 2.21 bits per heavy atom. The van der Waals surface area contributed by atoms with Crippen LogP contribution in [0.5, 0.6) is 0 Å². The van der Waals surface area contributed by atoms with Crippen molar-refractivity contribution in [2.24, 2.45) is 0 Å². The maximum absolute atomic E-state index is 12.4. The van der Waals surface area contributed by atoms with Crippen LogP contribution >= 0.6 is 12.4 Å². The van der Waals surface area contributed by atoms with Gasteiger partial charge in [0.05, 0.1) is 12.2 Å². The van der Waals surface area contributed by atoms with Gasteiger partial charge in [-0.15, -0.1) is 12.4 Å². The van der Waals surface area contributed by atoms with Crippen LogP contribution in [-0.4, -0.2) is 34.8 Å². The molecule has 1 amide bonds. The third-order valence-corrected chi connectivity index (χ3v) is 4.26. The summed E-state index contributed by atoms with van der Waals surface area (Å²) < 4.78 is 1.97. The number of nitrogens with one attached hydrogen (secondary N) is 2. The number of aryl methyl sites for hydroxylation is 2. The molecular weight excluding hydrogens is 324 g/mol. The number of hydrogen-bond donors (Lipinski definition) is 2. The van der Waals surface area contributed by atoms with Crippen molar-refractivity contribution in [1.82, 2.24) is 20.4 Å². The molecule has 1 unspecified atom stereocenters. The Bertz CT molecular complexity index is 692. The fourth-order valence-electron chi connectivity index (χ4n) is 3.06. The van der Waals surface area contributed by atoms with E-state index in [2.05, 4.69) is 21.8 Å². The number of benzene rings is 1. The summed E-state index contributed by atoms with van der Waals surface area (Å²) in [6, 6.07) is 10.1. The molecule has 1 atom stereocenters. The van der Waals surface area contributed by atoms with Crippen LogP contribution in [0, 0.1) is 13.8 Å². The maximum Gasteiger partial charge on any atom is 0.251 e. The van der Waals surface area contributed by atoms with Gasteiger partial charge in [0, 0.05) is 23.8 Å². The molecule has 2 heterocycles. The van der Waals surface area contributed by atoms with E-state index in [0.717, 1.165) is 48.4 Å². The van der Waals surface area contributed by atoms with Crippen LogP contribution in [0.15, 0.2) is 30.3 Å². The maximum atomic E-state index is 12.4. The molecule has 0 spiro atoms. The van der Waals surface area contributed by atoms with Gasteiger partial charge in [0.15, 0.2) is 0 Å². The first-order chi connectivity index (χ1) is 11.1. The molecule has 1 fully saturated rings. The molecule has 0 radical (unpaired) electrons. The summed E-state index contributed by atoms with van der Waals surface area (Å²) in [6.07, 6.45) is 2.16. The SMILES string of the molecule is Cc1cc(C)n(Cc2cccc(C(=O)NC3CCCNC3)c2)n1.Cl. The third-order valence-electron chi connectivity index (χ3n) is 4.26. The van der Waals surface area contributed by atoms with Gasteiger partial charge in [0.1, 0.15) is 0 Å². The summed E-state index contributed by atoms with van der Waals surface area (Å²) >= 11 is 0. The zero-order chi connectivity index (χ0) is 16.2. The summed E-state index contributed by atoms with van der Waals surface area (Å²) in [5.41, 5.74) is 3.95. The minimum atomic E-state index is 0. The minimum Gasteiger partial charge on any atom is -0.348 e. The predicted molar refractivity (Wildman–Crippen MR) is 97.9 cm³/mol. The van der Waals surface area contributed by atoms with Gasteiger partial charge in [0.2, 0.25) is 0 Å². The summed E-state index contributed by atoms with van der Waals surface area (Å²) in [5, 5.41) is 10.9. The Balaban J connectivity index is 0.00000208. The number of piperidine rings is 1. The second-order valence-corrected chi connectivity index (χ2v) is 6.30. The number of amides is 1. The molecule has 3 rings (SSSR count). The lowest BCUT2D eigenvalue weighted by atomic mass is 10.1. The van der Waals surface area contributed by atoms with Crippen molar-refractivity contribution < 1.29 is 4.79 Å². The second-order valence-electron chi connectivity index (χ2n) is 6.30. The largest absolute Gasteiger partial charge is 0.348 e. The standard InChI is InChI=1S/C18H24N4O.ClH/c1-13-9-14(2)22(21-13)12-15-5-3-6-16(10-15)18(23)20-17-7-4-8-19-11-17;/h3,5-6,9-10,17,19H,4,7-8,11-12H2,1-2H3,(H,20,23);1H. The molecule has 0 bridgehead atoms. The number of rotatable bonds is 4. The van der Waals surface area contributed by atoms with Crippen LogP contribution in [0.4, 0.5) is 0 Å². The predicted octanol–water partition coefficient (Wildman–Crippen LogP) is 2.45. The first-order valence-corrected chi connectivity index (χ1v) is 8.23. The lowest BCUT2D eigenvalue weighted by Crippen LogP contribution is -2.45. The molecule has 5 nitrogen and oxygen atoms in total. The van der Waals surface area contributed by atoms with Crippen molar-refractivity contribution in [3.63, 3.8) is 0 Å². The quantitative estimate of drug-likeness (QED) is 0.892. The average molecular weight is 349 g/mol. The van der Waals surface area contributed by atoms with Gasteiger partial charge in [-0.25, -0.2) is 0 Å². The Kier molecular flexibility index (Phi) is 6.40. The molecular formula is C18H25ClN4O. The van der Waals surface area contributed by atoms with Crippen LogP contribution < -0.4 is 10.6 Å². The van der Waals surface area contributed by atoms with Crippen LogP contribution in [0.1, 0.15) is 40.2 Å². The lowest BCUT2D eigenvalue weighted by molar-refractivity contribution is 0.0930. The topological polar surface area (TPSA) is 59.0 Å². The zero-order valence-corrected chi connectivity index (χ0v) is 15.0. The van der Waals surface area contributed by atoms with E-state index in [-0.39, 0.29) is 24.4 Å². The molecule has 1 aliphatic rings. The van der Waals surface area contributed by atoms with E-state index < -0.39 is 0 Å². The molecule has 1 aliphatic heterocycles. The fraction of sp³-hybridized carbons (Fsp3) is 0.444. The summed E-state index contributed by atoms with van der Waals surface area (Å²) in [4.78, 5) is 12.4. The Morgan fingerprint density at radius 3 is 2.88 bits per heavy atom. The fourth-order valence-corrected chi connectivity index (χ4v) is 3.06. The number of aromatic nitrogens is 2. The van der Waals surface area contributed by atoms with Crippen molar-refractivity contribution in [2.45, 2.75) is 39.3 Å². The molecule has 24 heavy (non-hydrogen) atoms. The second kappa shape index (κ2) is 8.31. The monoisotopic (exact) mass is 348 g/mol. The van der Waals surface area contributed by atoms with Crippen LogP contribution in [-0.2, 0) is 6.54 Å². The smallest absolute Gasteiger partial charge is 0.251 e. The molecule has 1 aromatic carbocycles. The van der Waals surface area contributed by atoms with Crippen molar-refractivity contribution in [3.05, 3.63) is 52.8 Å². The highest BCUT2D eigenvalue weighted by atomic mass is 35.5. The molecule has 2 aromatic rings. The van der Waals surface area contributed by atoms with E-state index in [1.807, 2.05) is 42.8 Å². The zero-order valence-electron chi connectivity index (χ0n) is 14.2. The van der Waals surface area contributed by atoms with E-state index in [4.69, 9.17) is 0 Å². The Hall–Kier alpha value is -1.85. The van der Waals surface area contributed by atoms with E-state index in [9.17, 15) is 4.79 Å². The van der Waals surface area contributed by atoms with E-state index in [1.165, 1.54) is 0 Å². The Labute approximate surface area is 149 Å². The normalized spacial score (nSPS) is 17.2. The lowest BCUT2D eigenvalue weighted by Gasteiger charge is -2.23. The molecule has 2 N–H and O–H groups in total. The highest BCUT2D eigenvalue weighted by Gasteiger charge is 2.16. The molecule has 6 heteroatoms. The molecule has 0 saturated carbocycles. The van der Waals surface area contributed by atoms with Crippen molar-refractivity contribution in [3.8, 4) is 0 Å². The third kappa shape index (κ3) is 4.58. The summed E-state index contributed by atoms with van der Waals surface area (Å²) in [7, 11) is 0. The number of carbonyl (C=O) groups excluding carboxylic acids is 1. The van der Waals surface area contributed by atoms with Crippen LogP contribution in [0.2, 0.25) is 0 Å². The van der Waals surface area contributed by atoms with Crippen molar-refractivity contribution >= 4 is 18.3 Å². The Morgan fingerprint density at radius 1 is 1.38 bits per heavy atom. The van der Waals surface area contributed by atoms with Gasteiger partial charge in [-0.3, -0.25) is 9.48 Å². The van der Waals surface area contributed by atoms with E-state index >= 15 is 0 Å². The summed E-state index contributed by atoms with van der Waals surface area (Å²) in [5.74, 6) is 0.00826. The average Bonchev–Trinajstić information content (AvgIpc) is 2.86. The summed E-state index contributed by atoms with van der Waals surface area (Å²) in [6.45, 7) is 6.63. The number of carbonyl (C=O) groups is 1. The van der Waals surface area contributed by atoms with Gasteiger partial charge in [-0.1, -0.05) is 12.1 Å². The molecule has 1 aromatic heterocycles. The number of nitrogens with zero attached hydrogens (tertiary/aromatic N) is 2. The van der Waals surface area contributed by atoms with Gasteiger partial charge < -0.3 is 10.6 Å². The highest BCUT2D eigenvalue weighted by molar-refractivity contribution is 5.94. The van der Waals surface area contributed by atoms with Gasteiger partial charge >= 0.3 is 0 Å². The van der Waals surface area contributed by atoms with E-state index in [0.29, 0.717) is 6.54 Å². The van der Waals surface area contributed by atoms with Crippen molar-refractivity contribution in [2.75, 3.05) is 13.1 Å². The van der Waals surface area contributed by atoms with Crippen molar-refractivity contribution in [1.29, 1.82) is 0 Å². The highest BCUT2D eigenvalue weighted by Crippen LogP contribution is 2.11. The van der Waals surface area contributed by atoms with Gasteiger partial charge in [-0.05, 0) is 57.0 Å². The van der Waals surface area contributed by atoms with Crippen LogP contribution in [0.25, 0.3) is 0 Å². The first-order valence-electron chi connectivity index (χ1n) is 8.23. The van der Waals surface area contributed by atoms with Gasteiger partial charge in [0.25, 0.3) is 5.91 Å². The molecule has 130 valence electrons. The minimum absolute atomic E-state index is 0. The molecule has 0 aliphatic carbocycles. The number of halogens is 1. The van der Waals surface area contributed by atoms with Gasteiger partial charge in [-0.2, -0.15) is 5.10 Å². The number of hydrogen-bond acceptors (Lipinski definition) is 3. The first kappa shape index (κ1) is 18.5. The molecule has 1 saturated heterocycles. The van der Waals surface area contributed by atoms with E-state index in [1.54, 1.807) is 0 Å².